The van der Waals surface area contributed by atoms with Crippen LogP contribution >= 0.6 is 12.2 Å². The van der Waals surface area contributed by atoms with E-state index in [9.17, 15) is 27.1 Å². The Bertz CT molecular complexity index is 984. The van der Waals surface area contributed by atoms with Gasteiger partial charge in [0.2, 0.25) is 0 Å². The van der Waals surface area contributed by atoms with Crippen molar-refractivity contribution in [3.05, 3.63) is 65.4 Å². The number of ether oxygens (including phenoxy) is 1. The fourth-order valence-electron chi connectivity index (χ4n) is 2.87. The van der Waals surface area contributed by atoms with E-state index in [0.717, 1.165) is 6.07 Å². The zero-order chi connectivity index (χ0) is 21.6. The summed E-state index contributed by atoms with van der Waals surface area (Å²) in [4.78, 5) is -0.0428. The molecular weight excluding hydrogens is 413 g/mol. The van der Waals surface area contributed by atoms with Crippen molar-refractivity contribution in [2.75, 3.05) is 5.32 Å². The first-order valence-corrected chi connectivity index (χ1v) is 8.84. The van der Waals surface area contributed by atoms with Gasteiger partial charge in [-0.3, -0.25) is 0 Å². The Hall–Kier alpha value is -2.68. The van der Waals surface area contributed by atoms with Crippen LogP contribution in [0, 0.1) is 0 Å². The largest absolute Gasteiger partial charge is 0.507 e. The molecule has 1 aliphatic heterocycles. The molecule has 9 heteroatoms. The zero-order valence-electron chi connectivity index (χ0n) is 15.3. The monoisotopic (exact) mass is 429 g/mol. The number of benzene rings is 2. The van der Waals surface area contributed by atoms with Crippen molar-refractivity contribution >= 4 is 28.5 Å². The van der Waals surface area contributed by atoms with Gasteiger partial charge in [0, 0.05) is 16.8 Å². The van der Waals surface area contributed by atoms with Crippen LogP contribution in [0.2, 0.25) is 0 Å². The van der Waals surface area contributed by atoms with Crippen LogP contribution in [0.25, 0.3) is 5.57 Å². The van der Waals surface area contributed by atoms with E-state index in [1.54, 1.807) is 30.3 Å². The van der Waals surface area contributed by atoms with E-state index in [-0.39, 0.29) is 27.6 Å². The average molecular weight is 429 g/mol. The SMILES string of the molecule is CC1(C)Oc2ccc(C(F)(F)C(F)(F)F)cc2C(C(=S)Nc2ccccc2)=C1O. The third kappa shape index (κ3) is 3.78. The second-order valence-corrected chi connectivity index (χ2v) is 7.35. The van der Waals surface area contributed by atoms with Crippen LogP contribution in [-0.4, -0.2) is 21.9 Å². The van der Waals surface area contributed by atoms with E-state index in [1.165, 1.54) is 13.8 Å². The molecule has 0 atom stereocenters. The molecule has 1 aliphatic rings. The van der Waals surface area contributed by atoms with Crippen LogP contribution in [0.4, 0.5) is 27.6 Å². The van der Waals surface area contributed by atoms with Crippen molar-refractivity contribution in [3.63, 3.8) is 0 Å². The highest BCUT2D eigenvalue weighted by molar-refractivity contribution is 7.81. The first kappa shape index (κ1) is 21.0. The first-order valence-electron chi connectivity index (χ1n) is 8.43. The zero-order valence-corrected chi connectivity index (χ0v) is 16.1. The second kappa shape index (κ2) is 6.98. The molecule has 0 aromatic heterocycles. The molecule has 2 aromatic rings. The molecule has 0 radical (unpaired) electrons. The third-order valence-electron chi connectivity index (χ3n) is 4.40. The lowest BCUT2D eigenvalue weighted by atomic mass is 9.90. The number of hydrogen-bond donors (Lipinski definition) is 2. The number of aliphatic hydroxyl groups excluding tert-OH is 1. The molecule has 0 fully saturated rings. The summed E-state index contributed by atoms with van der Waals surface area (Å²) in [5.74, 6) is -5.43. The predicted molar refractivity (Wildman–Crippen MR) is 103 cm³/mol. The minimum Gasteiger partial charge on any atom is -0.507 e. The summed E-state index contributed by atoms with van der Waals surface area (Å²) in [6.07, 6.45) is -5.77. The number of rotatable bonds is 3. The quantitative estimate of drug-likeness (QED) is 0.449. The molecule has 3 nitrogen and oxygen atoms in total. The number of para-hydroxylation sites is 1. The first-order chi connectivity index (χ1) is 13.3. The van der Waals surface area contributed by atoms with Gasteiger partial charge >= 0.3 is 12.1 Å². The molecule has 1 heterocycles. The van der Waals surface area contributed by atoms with Crippen LogP contribution in [0.3, 0.4) is 0 Å². The number of fused-ring (bicyclic) bond motifs is 1. The molecule has 0 bridgehead atoms. The molecule has 3 rings (SSSR count). The van der Waals surface area contributed by atoms with Crippen molar-refractivity contribution in [1.82, 2.24) is 0 Å². The Labute approximate surface area is 168 Å². The molecule has 0 aliphatic carbocycles. The van der Waals surface area contributed by atoms with Crippen molar-refractivity contribution in [3.8, 4) is 5.75 Å². The van der Waals surface area contributed by atoms with Gasteiger partial charge in [-0.05, 0) is 44.2 Å². The highest BCUT2D eigenvalue weighted by Crippen LogP contribution is 2.47. The van der Waals surface area contributed by atoms with Gasteiger partial charge < -0.3 is 15.2 Å². The van der Waals surface area contributed by atoms with Gasteiger partial charge in [0.1, 0.15) is 16.5 Å². The van der Waals surface area contributed by atoms with E-state index >= 15 is 0 Å². The van der Waals surface area contributed by atoms with Crippen molar-refractivity contribution in [1.29, 1.82) is 0 Å². The summed E-state index contributed by atoms with van der Waals surface area (Å²) in [5.41, 5.74) is -2.22. The van der Waals surface area contributed by atoms with Crippen LogP contribution in [0.15, 0.2) is 54.3 Å². The van der Waals surface area contributed by atoms with Gasteiger partial charge in [-0.1, -0.05) is 30.4 Å². The van der Waals surface area contributed by atoms with Gasteiger partial charge in [0.15, 0.2) is 5.60 Å². The Morgan fingerprint density at radius 2 is 1.66 bits per heavy atom. The summed E-state index contributed by atoms with van der Waals surface area (Å²) < 4.78 is 71.8. The number of alkyl halides is 5. The molecule has 0 spiro atoms. The van der Waals surface area contributed by atoms with Crippen molar-refractivity contribution in [2.45, 2.75) is 31.5 Å². The molecule has 154 valence electrons. The van der Waals surface area contributed by atoms with E-state index < -0.39 is 23.3 Å². The van der Waals surface area contributed by atoms with Crippen LogP contribution in [0.1, 0.15) is 25.0 Å². The number of aliphatic hydroxyl groups is 1. The molecule has 0 saturated carbocycles. The lowest BCUT2D eigenvalue weighted by molar-refractivity contribution is -0.289. The lowest BCUT2D eigenvalue weighted by Crippen LogP contribution is -2.37. The minimum absolute atomic E-state index is 0.0294. The summed E-state index contributed by atoms with van der Waals surface area (Å²) in [7, 11) is 0. The topological polar surface area (TPSA) is 41.5 Å². The van der Waals surface area contributed by atoms with E-state index in [2.05, 4.69) is 5.32 Å². The Kier molecular flexibility index (Phi) is 5.06. The summed E-state index contributed by atoms with van der Waals surface area (Å²) in [5, 5.41) is 13.5. The smallest absolute Gasteiger partial charge is 0.458 e. The number of anilines is 1. The van der Waals surface area contributed by atoms with Crippen LogP contribution < -0.4 is 10.1 Å². The van der Waals surface area contributed by atoms with Crippen molar-refractivity contribution < 1.29 is 31.8 Å². The molecule has 29 heavy (non-hydrogen) atoms. The second-order valence-electron chi connectivity index (χ2n) is 6.94. The number of nitrogens with one attached hydrogen (secondary N) is 1. The van der Waals surface area contributed by atoms with Gasteiger partial charge in [-0.25, -0.2) is 0 Å². The fraction of sp³-hybridized carbons (Fsp3) is 0.250. The van der Waals surface area contributed by atoms with Crippen molar-refractivity contribution in [2.24, 2.45) is 0 Å². The fourth-order valence-corrected chi connectivity index (χ4v) is 3.19. The van der Waals surface area contributed by atoms with E-state index in [4.69, 9.17) is 17.0 Å². The summed E-state index contributed by atoms with van der Waals surface area (Å²) in [6, 6.07) is 10.9. The Morgan fingerprint density at radius 1 is 1.03 bits per heavy atom. The molecule has 0 saturated heterocycles. The van der Waals surface area contributed by atoms with Gasteiger partial charge in [-0.2, -0.15) is 22.0 Å². The highest BCUT2D eigenvalue weighted by atomic mass is 32.1. The average Bonchev–Trinajstić information content (AvgIpc) is 2.62. The maximum absolute atomic E-state index is 13.9. The number of halogens is 5. The van der Waals surface area contributed by atoms with E-state index in [1.807, 2.05) is 0 Å². The Morgan fingerprint density at radius 3 is 2.24 bits per heavy atom. The standard InChI is InChI=1S/C20H16F5NO2S/c1-18(2)16(27)15(17(29)26-12-6-4-3-5-7-12)13-10-11(8-9-14(13)28-18)19(21,22)20(23,24)25/h3-10,27H,1-2H3,(H,26,29). The van der Waals surface area contributed by atoms with Gasteiger partial charge in [-0.15, -0.1) is 0 Å². The van der Waals surface area contributed by atoms with Crippen LogP contribution in [0.5, 0.6) is 5.75 Å². The summed E-state index contributed by atoms with van der Waals surface area (Å²) in [6.45, 7) is 3.04. The normalized spacial score (nSPS) is 16.1. The molecular formula is C20H16F5NO2S. The minimum atomic E-state index is -5.77. The maximum atomic E-state index is 13.9. The molecule has 2 N–H and O–H groups in total. The van der Waals surface area contributed by atoms with Crippen LogP contribution in [-0.2, 0) is 5.92 Å². The lowest BCUT2D eigenvalue weighted by Gasteiger charge is -2.34. The predicted octanol–water partition coefficient (Wildman–Crippen LogP) is 6.22. The number of thiocarbonyl (C=S) groups is 1. The molecule has 0 unspecified atom stereocenters. The van der Waals surface area contributed by atoms with Gasteiger partial charge in [0.05, 0.1) is 5.57 Å². The van der Waals surface area contributed by atoms with Gasteiger partial charge in [0.25, 0.3) is 0 Å². The van der Waals surface area contributed by atoms with E-state index in [0.29, 0.717) is 17.8 Å². The molecule has 2 aromatic carbocycles. The highest BCUT2D eigenvalue weighted by Gasteiger charge is 2.59. The number of hydrogen-bond acceptors (Lipinski definition) is 3. The maximum Gasteiger partial charge on any atom is 0.458 e. The Balaban J connectivity index is 2.13. The third-order valence-corrected chi connectivity index (χ3v) is 4.70. The summed E-state index contributed by atoms with van der Waals surface area (Å²) >= 11 is 5.33. The molecule has 0 amide bonds.